The van der Waals surface area contributed by atoms with Gasteiger partial charge in [-0.15, -0.1) is 0 Å². The number of nitrogens with zero attached hydrogens (tertiary/aromatic N) is 1. The Hall–Kier alpha value is -1.93. The van der Waals surface area contributed by atoms with Crippen molar-refractivity contribution in [2.24, 2.45) is 17.8 Å². The highest BCUT2D eigenvalue weighted by molar-refractivity contribution is 7.89. The fourth-order valence-electron chi connectivity index (χ4n) is 7.12. The third-order valence-electron chi connectivity index (χ3n) is 8.35. The molecule has 1 aromatic carbocycles. The van der Waals surface area contributed by atoms with Gasteiger partial charge in [-0.05, 0) is 94.2 Å². The maximum absolute atomic E-state index is 13.1. The van der Waals surface area contributed by atoms with Crippen LogP contribution in [0.2, 0.25) is 0 Å². The summed E-state index contributed by atoms with van der Waals surface area (Å²) in [6.45, 7) is 2.59. The molecule has 1 aliphatic heterocycles. The first-order valence-corrected chi connectivity index (χ1v) is 14.3. The lowest BCUT2D eigenvalue weighted by molar-refractivity contribution is -0.134. The first-order valence-electron chi connectivity index (χ1n) is 12.9. The van der Waals surface area contributed by atoms with Crippen molar-refractivity contribution in [1.82, 2.24) is 9.62 Å². The maximum Gasteiger partial charge on any atom is 0.338 e. The molecule has 4 saturated carbocycles. The van der Waals surface area contributed by atoms with Crippen LogP contribution in [0.25, 0.3) is 0 Å². The van der Waals surface area contributed by atoms with E-state index in [2.05, 4.69) is 5.32 Å². The van der Waals surface area contributed by atoms with Crippen LogP contribution in [0.3, 0.4) is 0 Å². The molecule has 1 heterocycles. The molecule has 6 rings (SSSR count). The van der Waals surface area contributed by atoms with Crippen LogP contribution in [0.1, 0.15) is 81.5 Å². The van der Waals surface area contributed by atoms with Crippen LogP contribution >= 0.6 is 0 Å². The Balaban J connectivity index is 1.23. The summed E-state index contributed by atoms with van der Waals surface area (Å²) < 4.78 is 33.2. The largest absolute Gasteiger partial charge is 0.449 e. The average molecular weight is 489 g/mol. The third-order valence-corrected chi connectivity index (χ3v) is 10.2. The van der Waals surface area contributed by atoms with Crippen LogP contribution < -0.4 is 5.32 Å². The molecule has 5 fully saturated rings. The second-order valence-corrected chi connectivity index (χ2v) is 13.0. The van der Waals surface area contributed by atoms with Gasteiger partial charge in [-0.25, -0.2) is 13.2 Å². The van der Waals surface area contributed by atoms with Crippen LogP contribution in [0.15, 0.2) is 29.2 Å². The summed E-state index contributed by atoms with van der Waals surface area (Å²) in [6.07, 6.45) is 9.76. The third kappa shape index (κ3) is 4.76. The van der Waals surface area contributed by atoms with Crippen molar-refractivity contribution in [3.63, 3.8) is 0 Å². The van der Waals surface area contributed by atoms with Gasteiger partial charge in [0.1, 0.15) is 0 Å². The van der Waals surface area contributed by atoms with Gasteiger partial charge in [-0.1, -0.05) is 18.9 Å². The van der Waals surface area contributed by atoms with Crippen molar-refractivity contribution in [1.29, 1.82) is 0 Å². The Morgan fingerprint density at radius 1 is 1.00 bits per heavy atom. The van der Waals surface area contributed by atoms with Crippen LogP contribution in [-0.2, 0) is 19.6 Å². The van der Waals surface area contributed by atoms with Gasteiger partial charge >= 0.3 is 5.97 Å². The van der Waals surface area contributed by atoms with Gasteiger partial charge < -0.3 is 10.1 Å². The number of ether oxygens (including phenoxy) is 1. The summed E-state index contributed by atoms with van der Waals surface area (Å²) in [5, 5.41) is 3.25. The number of nitrogens with one attached hydrogen (secondary N) is 1. The summed E-state index contributed by atoms with van der Waals surface area (Å²) >= 11 is 0. The topological polar surface area (TPSA) is 92.8 Å². The van der Waals surface area contributed by atoms with E-state index in [-0.39, 0.29) is 21.9 Å². The summed E-state index contributed by atoms with van der Waals surface area (Å²) in [6, 6.07) is 5.97. The molecule has 186 valence electrons. The molecule has 4 aliphatic carbocycles. The number of amides is 1. The fraction of sp³-hybridized carbons (Fsp3) is 0.692. The summed E-state index contributed by atoms with van der Waals surface area (Å²) in [5.41, 5.74) is -0.00134. The minimum absolute atomic E-state index is 0.0921. The molecule has 4 bridgehead atoms. The minimum atomic E-state index is -3.67. The van der Waals surface area contributed by atoms with E-state index in [1.54, 1.807) is 13.0 Å². The molecule has 1 saturated heterocycles. The van der Waals surface area contributed by atoms with Crippen LogP contribution in [0.4, 0.5) is 0 Å². The minimum Gasteiger partial charge on any atom is -0.449 e. The van der Waals surface area contributed by atoms with Gasteiger partial charge in [0.2, 0.25) is 10.0 Å². The number of hydrogen-bond donors (Lipinski definition) is 1. The Morgan fingerprint density at radius 2 is 1.59 bits per heavy atom. The van der Waals surface area contributed by atoms with Gasteiger partial charge in [0.25, 0.3) is 5.91 Å². The number of carbonyl (C=O) groups is 2. The predicted octanol–water partition coefficient (Wildman–Crippen LogP) is 3.88. The first kappa shape index (κ1) is 23.8. The standard InChI is InChI=1S/C26H36N2O5S/c1-18(24(29)27-26-15-19-11-20(16-26)13-21(12-19)17-26)33-25(30)22-7-6-8-23(14-22)34(31,32)28-9-4-2-3-5-10-28/h6-8,14,18-21H,2-5,9-13,15-17H2,1H3,(H,27,29)/t18-,19?,20?,21?,26?/m1/s1. The molecular weight excluding hydrogens is 452 g/mol. The van der Waals surface area contributed by atoms with E-state index >= 15 is 0 Å². The van der Waals surface area contributed by atoms with Crippen molar-refractivity contribution in [3.05, 3.63) is 29.8 Å². The van der Waals surface area contributed by atoms with E-state index < -0.39 is 22.1 Å². The number of hydrogen-bond acceptors (Lipinski definition) is 5. The Kier molecular flexibility index (Phi) is 6.48. The van der Waals surface area contributed by atoms with Crippen LogP contribution in [0, 0.1) is 17.8 Å². The average Bonchev–Trinajstić information content (AvgIpc) is 3.08. The van der Waals surface area contributed by atoms with Gasteiger partial charge in [-0.2, -0.15) is 4.31 Å². The van der Waals surface area contributed by atoms with Crippen molar-refractivity contribution >= 4 is 21.9 Å². The van der Waals surface area contributed by atoms with Gasteiger partial charge in [-0.3, -0.25) is 4.79 Å². The molecule has 7 nitrogen and oxygen atoms in total. The molecule has 1 atom stereocenters. The molecule has 34 heavy (non-hydrogen) atoms. The maximum atomic E-state index is 13.1. The SMILES string of the molecule is C[C@@H](OC(=O)c1cccc(S(=O)(=O)N2CCCCCC2)c1)C(=O)NC12CC3CC(CC(C3)C1)C2. The van der Waals surface area contributed by atoms with E-state index in [1.165, 1.54) is 41.8 Å². The Bertz CT molecular complexity index is 1010. The second-order valence-electron chi connectivity index (χ2n) is 11.1. The highest BCUT2D eigenvalue weighted by Crippen LogP contribution is 2.55. The molecule has 1 amide bonds. The van der Waals surface area contributed by atoms with Crippen molar-refractivity contribution in [3.8, 4) is 0 Å². The van der Waals surface area contributed by atoms with Gasteiger partial charge in [0.05, 0.1) is 10.5 Å². The highest BCUT2D eigenvalue weighted by atomic mass is 32.2. The van der Waals surface area contributed by atoms with E-state index in [4.69, 9.17) is 4.74 Å². The van der Waals surface area contributed by atoms with E-state index in [1.807, 2.05) is 0 Å². The second kappa shape index (κ2) is 9.26. The lowest BCUT2D eigenvalue weighted by atomic mass is 9.53. The van der Waals surface area contributed by atoms with E-state index in [0.29, 0.717) is 30.8 Å². The van der Waals surface area contributed by atoms with Gasteiger partial charge in [0.15, 0.2) is 6.10 Å². The summed E-state index contributed by atoms with van der Waals surface area (Å²) in [4.78, 5) is 25.9. The smallest absolute Gasteiger partial charge is 0.338 e. The zero-order valence-electron chi connectivity index (χ0n) is 20.0. The molecule has 0 unspecified atom stereocenters. The van der Waals surface area contributed by atoms with Gasteiger partial charge in [0, 0.05) is 18.6 Å². The quantitative estimate of drug-likeness (QED) is 0.614. The highest BCUT2D eigenvalue weighted by Gasteiger charge is 2.51. The molecule has 5 aliphatic rings. The van der Waals surface area contributed by atoms with E-state index in [9.17, 15) is 18.0 Å². The van der Waals surface area contributed by atoms with Crippen LogP contribution in [-0.4, -0.2) is 49.3 Å². The molecule has 1 N–H and O–H groups in total. The summed E-state index contributed by atoms with van der Waals surface area (Å²) in [7, 11) is -3.67. The number of carbonyl (C=O) groups excluding carboxylic acids is 2. The lowest BCUT2D eigenvalue weighted by Gasteiger charge is -2.57. The van der Waals surface area contributed by atoms with Crippen molar-refractivity contribution < 1.29 is 22.7 Å². The normalized spacial score (nSPS) is 32.1. The number of sulfonamides is 1. The molecule has 0 spiro atoms. The fourth-order valence-corrected chi connectivity index (χ4v) is 8.69. The Morgan fingerprint density at radius 3 is 2.18 bits per heavy atom. The molecule has 0 radical (unpaired) electrons. The molecular formula is C26H36N2O5S. The molecule has 1 aromatic rings. The molecule has 0 aromatic heterocycles. The monoisotopic (exact) mass is 488 g/mol. The van der Waals surface area contributed by atoms with Crippen molar-refractivity contribution in [2.75, 3.05) is 13.1 Å². The number of esters is 1. The van der Waals surface area contributed by atoms with Crippen LogP contribution in [0.5, 0.6) is 0 Å². The lowest BCUT2D eigenvalue weighted by Crippen LogP contribution is -2.61. The predicted molar refractivity (Wildman–Crippen MR) is 128 cm³/mol. The number of benzene rings is 1. The number of rotatable bonds is 6. The summed E-state index contributed by atoms with van der Waals surface area (Å²) in [5.74, 6) is 1.18. The first-order chi connectivity index (χ1) is 16.2. The zero-order chi connectivity index (χ0) is 23.9. The molecule has 8 heteroatoms. The Labute approximate surface area is 202 Å². The van der Waals surface area contributed by atoms with Crippen molar-refractivity contribution in [2.45, 2.75) is 87.7 Å². The van der Waals surface area contributed by atoms with E-state index in [0.717, 1.165) is 44.9 Å². The zero-order valence-corrected chi connectivity index (χ0v) is 20.8.